The second kappa shape index (κ2) is 10.6. The van der Waals surface area contributed by atoms with E-state index in [0.29, 0.717) is 16.9 Å². The first-order valence-corrected chi connectivity index (χ1v) is 9.94. The molecule has 1 heterocycles. The van der Waals surface area contributed by atoms with Gasteiger partial charge in [-0.15, -0.1) is 0 Å². The van der Waals surface area contributed by atoms with Crippen LogP contribution in [0.5, 0.6) is 17.2 Å². The number of rotatable bonds is 8. The molecule has 0 saturated carbocycles. The summed E-state index contributed by atoms with van der Waals surface area (Å²) in [5.74, 6) is 0.751. The van der Waals surface area contributed by atoms with Gasteiger partial charge < -0.3 is 39.4 Å². The van der Waals surface area contributed by atoms with Crippen molar-refractivity contribution in [2.24, 2.45) is 0 Å². The summed E-state index contributed by atoms with van der Waals surface area (Å²) in [6, 6.07) is 9.14. The van der Waals surface area contributed by atoms with E-state index in [1.165, 1.54) is 32.4 Å². The number of nitro benzene ring substituents is 1. The van der Waals surface area contributed by atoms with Crippen LogP contribution in [-0.4, -0.2) is 76.9 Å². The van der Waals surface area contributed by atoms with Crippen molar-refractivity contribution in [3.05, 3.63) is 57.6 Å². The fraction of sp³-hybridized carbons (Fsp3) is 0.364. The summed E-state index contributed by atoms with van der Waals surface area (Å²) in [6.07, 6.45) is -4.15. The van der Waals surface area contributed by atoms with Crippen LogP contribution in [0.2, 0.25) is 0 Å². The van der Waals surface area contributed by atoms with E-state index in [4.69, 9.17) is 18.9 Å². The van der Waals surface area contributed by atoms with Crippen LogP contribution in [0, 0.1) is 10.1 Å². The zero-order chi connectivity index (χ0) is 24.1. The van der Waals surface area contributed by atoms with Crippen LogP contribution in [-0.2, 0) is 4.74 Å². The second-order valence-electron chi connectivity index (χ2n) is 7.25. The number of ether oxygens (including phenoxy) is 4. The van der Waals surface area contributed by atoms with Crippen LogP contribution in [0.25, 0.3) is 12.2 Å². The largest absolute Gasteiger partial charge is 0.497 e. The average molecular weight is 463 g/mol. The molecule has 1 aliphatic rings. The summed E-state index contributed by atoms with van der Waals surface area (Å²) < 4.78 is 21.9. The number of nitrogens with zero attached hydrogens (tertiary/aromatic N) is 1. The third-order valence-corrected chi connectivity index (χ3v) is 5.13. The number of hydrogen-bond acceptors (Lipinski definition) is 10. The summed E-state index contributed by atoms with van der Waals surface area (Å²) in [6.45, 7) is -0.607. The van der Waals surface area contributed by atoms with E-state index >= 15 is 0 Å². The van der Waals surface area contributed by atoms with Gasteiger partial charge >= 0.3 is 0 Å². The van der Waals surface area contributed by atoms with Crippen molar-refractivity contribution in [1.82, 2.24) is 0 Å². The van der Waals surface area contributed by atoms with Crippen LogP contribution < -0.4 is 14.2 Å². The molecule has 2 aromatic rings. The van der Waals surface area contributed by atoms with Crippen LogP contribution in [0.1, 0.15) is 11.1 Å². The molecule has 5 atom stereocenters. The van der Waals surface area contributed by atoms with Crippen molar-refractivity contribution in [2.45, 2.75) is 30.7 Å². The monoisotopic (exact) mass is 463 g/mol. The lowest BCUT2D eigenvalue weighted by Crippen LogP contribution is -2.60. The SMILES string of the molecule is COc1cc(/C=C/c2cccc([N+](=O)[O-])c2)c(OC2O[C@H](CO)[C@@H](O)[C@H](O)[C@H]2O)c(OC)c1. The maximum atomic E-state index is 11.0. The van der Waals surface area contributed by atoms with Gasteiger partial charge in [-0.1, -0.05) is 24.3 Å². The smallest absolute Gasteiger partial charge is 0.270 e. The summed E-state index contributed by atoms with van der Waals surface area (Å²) in [5.41, 5.74) is 0.887. The maximum absolute atomic E-state index is 11.0. The van der Waals surface area contributed by atoms with E-state index < -0.39 is 42.2 Å². The summed E-state index contributed by atoms with van der Waals surface area (Å²) in [7, 11) is 2.85. The second-order valence-corrected chi connectivity index (χ2v) is 7.25. The van der Waals surface area contributed by atoms with E-state index in [1.807, 2.05) is 0 Å². The third kappa shape index (κ3) is 5.41. The predicted octanol–water partition coefficient (Wildman–Crippen LogP) is 0.961. The topological polar surface area (TPSA) is 161 Å². The Morgan fingerprint density at radius 2 is 1.82 bits per heavy atom. The van der Waals surface area contributed by atoms with Crippen molar-refractivity contribution in [1.29, 1.82) is 0 Å². The van der Waals surface area contributed by atoms with Gasteiger partial charge in [-0.2, -0.15) is 0 Å². The molecule has 33 heavy (non-hydrogen) atoms. The first-order valence-electron chi connectivity index (χ1n) is 9.94. The molecule has 11 heteroatoms. The molecule has 0 aromatic heterocycles. The molecule has 4 N–H and O–H groups in total. The van der Waals surface area contributed by atoms with Crippen LogP contribution in [0.4, 0.5) is 5.69 Å². The minimum absolute atomic E-state index is 0.0711. The molecule has 1 aliphatic heterocycles. The zero-order valence-corrected chi connectivity index (χ0v) is 17.9. The molecule has 1 fully saturated rings. The minimum atomic E-state index is -1.62. The van der Waals surface area contributed by atoms with Gasteiger partial charge in [0.15, 0.2) is 11.5 Å². The Kier molecular flexibility index (Phi) is 7.84. The zero-order valence-electron chi connectivity index (χ0n) is 17.9. The molecule has 0 radical (unpaired) electrons. The van der Waals surface area contributed by atoms with Gasteiger partial charge in [0, 0.05) is 23.8 Å². The molecule has 0 amide bonds. The number of aliphatic hydroxyl groups is 4. The molecule has 2 aromatic carbocycles. The highest BCUT2D eigenvalue weighted by Crippen LogP contribution is 2.39. The van der Waals surface area contributed by atoms with Crippen molar-refractivity contribution >= 4 is 17.8 Å². The predicted molar refractivity (Wildman–Crippen MR) is 116 cm³/mol. The lowest BCUT2D eigenvalue weighted by molar-refractivity contribution is -0.384. The Balaban J connectivity index is 1.99. The van der Waals surface area contributed by atoms with E-state index in [-0.39, 0.29) is 17.2 Å². The molecular formula is C22H25NO10. The van der Waals surface area contributed by atoms with Crippen molar-refractivity contribution in [3.63, 3.8) is 0 Å². The van der Waals surface area contributed by atoms with Gasteiger partial charge in [-0.05, 0) is 11.6 Å². The van der Waals surface area contributed by atoms with Gasteiger partial charge in [0.25, 0.3) is 5.69 Å². The van der Waals surface area contributed by atoms with Crippen LogP contribution >= 0.6 is 0 Å². The van der Waals surface area contributed by atoms with Gasteiger partial charge in [0.05, 0.1) is 25.7 Å². The lowest BCUT2D eigenvalue weighted by atomic mass is 9.99. The average Bonchev–Trinajstić information content (AvgIpc) is 2.83. The number of benzene rings is 2. The van der Waals surface area contributed by atoms with Gasteiger partial charge in [0.2, 0.25) is 6.29 Å². The number of hydrogen-bond donors (Lipinski definition) is 4. The summed E-state index contributed by atoms with van der Waals surface area (Å²) >= 11 is 0. The van der Waals surface area contributed by atoms with Crippen LogP contribution in [0.15, 0.2) is 36.4 Å². The van der Waals surface area contributed by atoms with E-state index in [2.05, 4.69) is 0 Å². The van der Waals surface area contributed by atoms with Crippen molar-refractivity contribution in [2.75, 3.05) is 20.8 Å². The number of nitro groups is 1. The third-order valence-electron chi connectivity index (χ3n) is 5.13. The molecule has 0 spiro atoms. The Morgan fingerprint density at radius 1 is 1.06 bits per heavy atom. The first kappa shape index (κ1) is 24.4. The molecule has 0 aliphatic carbocycles. The number of methoxy groups -OCH3 is 2. The van der Waals surface area contributed by atoms with E-state index in [0.717, 1.165) is 0 Å². The quantitative estimate of drug-likeness (QED) is 0.252. The minimum Gasteiger partial charge on any atom is -0.497 e. The molecule has 3 rings (SSSR count). The molecule has 178 valence electrons. The highest BCUT2D eigenvalue weighted by atomic mass is 16.7. The van der Waals surface area contributed by atoms with Crippen molar-refractivity contribution < 1.29 is 44.3 Å². The highest BCUT2D eigenvalue weighted by Gasteiger charge is 2.45. The first-order chi connectivity index (χ1) is 15.8. The molecule has 1 unspecified atom stereocenters. The molecule has 11 nitrogen and oxygen atoms in total. The van der Waals surface area contributed by atoms with E-state index in [1.54, 1.807) is 30.4 Å². The molecular weight excluding hydrogens is 438 g/mol. The molecule has 1 saturated heterocycles. The maximum Gasteiger partial charge on any atom is 0.270 e. The Labute approximate surface area is 189 Å². The Morgan fingerprint density at radius 3 is 2.45 bits per heavy atom. The van der Waals surface area contributed by atoms with Crippen molar-refractivity contribution in [3.8, 4) is 17.2 Å². The fourth-order valence-corrected chi connectivity index (χ4v) is 3.33. The Hall–Kier alpha value is -3.22. The standard InChI is InChI=1S/C22H25NO10/c1-30-15-9-13(7-6-12-4-3-5-14(8-12)23(28)29)21(16(10-15)31-2)33-22-20(27)19(26)18(25)17(11-24)32-22/h3-10,17-20,22,24-27H,11H2,1-2H3/b7-6+/t17-,18-,19+,20-,22?/m1/s1. The number of non-ortho nitro benzene ring substituents is 1. The lowest BCUT2D eigenvalue weighted by Gasteiger charge is -2.39. The normalized spacial score (nSPS) is 25.1. The molecule has 0 bridgehead atoms. The Bertz CT molecular complexity index is 1010. The van der Waals surface area contributed by atoms with E-state index in [9.17, 15) is 30.5 Å². The van der Waals surface area contributed by atoms with Crippen LogP contribution in [0.3, 0.4) is 0 Å². The highest BCUT2D eigenvalue weighted by molar-refractivity contribution is 5.76. The fourth-order valence-electron chi connectivity index (χ4n) is 3.33. The van der Waals surface area contributed by atoms with Gasteiger partial charge in [-0.3, -0.25) is 10.1 Å². The van der Waals surface area contributed by atoms with Gasteiger partial charge in [-0.25, -0.2) is 0 Å². The summed E-state index contributed by atoms with van der Waals surface area (Å²) in [5, 5.41) is 50.8. The summed E-state index contributed by atoms with van der Waals surface area (Å²) in [4.78, 5) is 10.5. The van der Waals surface area contributed by atoms with Gasteiger partial charge in [0.1, 0.15) is 30.2 Å². The number of aliphatic hydroxyl groups excluding tert-OH is 4.